The quantitative estimate of drug-likeness (QED) is 0.185. The van der Waals surface area contributed by atoms with E-state index in [0.717, 1.165) is 49.4 Å². The van der Waals surface area contributed by atoms with Crippen LogP contribution in [0.25, 0.3) is 91.7 Å². The molecule has 0 radical (unpaired) electrons. The molecule has 0 saturated heterocycles. The minimum Gasteiger partial charge on any atom is -0.309 e. The number of fused-ring (bicyclic) bond motifs is 10. The fraction of sp³-hybridized carbons (Fsp3) is 0. The average molecular weight is 693 g/mol. The van der Waals surface area contributed by atoms with Gasteiger partial charge in [0.1, 0.15) is 0 Å². The number of para-hydroxylation sites is 2. The first-order chi connectivity index (χ1) is 26.3. The van der Waals surface area contributed by atoms with Crippen molar-refractivity contribution in [2.75, 3.05) is 4.90 Å². The highest BCUT2D eigenvalue weighted by atomic mass is 32.1. The van der Waals surface area contributed by atoms with Gasteiger partial charge in [0.25, 0.3) is 0 Å². The molecular formula is C48H28N4S. The van der Waals surface area contributed by atoms with E-state index in [1.807, 2.05) is 0 Å². The number of hydrogen-bond donors (Lipinski definition) is 0. The third-order valence-electron chi connectivity index (χ3n) is 10.9. The van der Waals surface area contributed by atoms with Crippen LogP contribution in [0, 0.1) is 0 Å². The summed E-state index contributed by atoms with van der Waals surface area (Å²) in [6.45, 7) is 0. The Hall–Kier alpha value is -6.82. The van der Waals surface area contributed by atoms with Gasteiger partial charge in [-0.2, -0.15) is 0 Å². The molecule has 3 aromatic heterocycles. The van der Waals surface area contributed by atoms with Crippen LogP contribution in [0.5, 0.6) is 0 Å². The summed E-state index contributed by atoms with van der Waals surface area (Å²) in [6, 6.07) is 61.2. The van der Waals surface area contributed by atoms with E-state index in [2.05, 4.69) is 179 Å². The van der Waals surface area contributed by atoms with Crippen molar-refractivity contribution in [3.05, 3.63) is 170 Å². The lowest BCUT2D eigenvalue weighted by molar-refractivity contribution is 1.12. The third kappa shape index (κ3) is 4.05. The summed E-state index contributed by atoms with van der Waals surface area (Å²) in [6.07, 6.45) is 0. The van der Waals surface area contributed by atoms with Gasteiger partial charge in [-0.15, -0.1) is 11.3 Å². The van der Waals surface area contributed by atoms with E-state index in [1.165, 1.54) is 53.7 Å². The molecule has 0 N–H and O–H groups in total. The van der Waals surface area contributed by atoms with E-state index >= 15 is 0 Å². The molecule has 4 nitrogen and oxygen atoms in total. The maximum atomic E-state index is 5.63. The second-order valence-corrected chi connectivity index (χ2v) is 14.8. The first-order valence-corrected chi connectivity index (χ1v) is 18.7. The number of thiophene rings is 1. The summed E-state index contributed by atoms with van der Waals surface area (Å²) in [4.78, 5) is 13.5. The van der Waals surface area contributed by atoms with E-state index < -0.39 is 0 Å². The van der Waals surface area contributed by atoms with Crippen LogP contribution in [-0.2, 0) is 0 Å². The zero-order chi connectivity index (χ0) is 34.6. The van der Waals surface area contributed by atoms with Gasteiger partial charge in [-0.25, -0.2) is 9.97 Å². The number of aromatic nitrogens is 3. The van der Waals surface area contributed by atoms with Gasteiger partial charge in [0.15, 0.2) is 0 Å². The average Bonchev–Trinajstić information content (AvgIpc) is 3.76. The Labute approximate surface area is 308 Å². The van der Waals surface area contributed by atoms with Crippen LogP contribution in [0.2, 0.25) is 0 Å². The molecule has 5 heteroatoms. The Morgan fingerprint density at radius 3 is 2.13 bits per heavy atom. The minimum atomic E-state index is 0.666. The number of rotatable bonds is 3. The Balaban J connectivity index is 1.20. The van der Waals surface area contributed by atoms with Gasteiger partial charge in [-0.05, 0) is 52.7 Å². The Morgan fingerprint density at radius 2 is 1.23 bits per heavy atom. The number of nitrogens with zero attached hydrogens (tertiary/aromatic N) is 4. The normalized spacial score (nSPS) is 12.5. The molecule has 4 heterocycles. The molecule has 0 unspecified atom stereocenters. The lowest BCUT2D eigenvalue weighted by Gasteiger charge is -2.33. The second-order valence-electron chi connectivity index (χ2n) is 13.8. The second kappa shape index (κ2) is 10.8. The zero-order valence-electron chi connectivity index (χ0n) is 28.4. The van der Waals surface area contributed by atoms with Crippen LogP contribution in [0.4, 0.5) is 17.3 Å². The monoisotopic (exact) mass is 692 g/mol. The molecule has 12 rings (SSSR count). The van der Waals surface area contributed by atoms with E-state index in [-0.39, 0.29) is 0 Å². The predicted octanol–water partition coefficient (Wildman–Crippen LogP) is 13.4. The molecule has 1 aliphatic rings. The Morgan fingerprint density at radius 1 is 0.491 bits per heavy atom. The van der Waals surface area contributed by atoms with Gasteiger partial charge in [-0.1, -0.05) is 133 Å². The highest BCUT2D eigenvalue weighted by molar-refractivity contribution is 7.26. The standard InChI is InChI=1S/C48H28N4S/c1-2-15-32(16-3-1)51-39-21-8-6-18-34(39)35-26-25-31(28-41(35)51)44-47-45(38-19-7-9-23-42(38)53-47)50-48(49-44)52-40-22-11-14-30-13-10-20-36(43(30)40)37-27-24-29-12-4-5-17-33(29)46(37)52/h1-28H. The van der Waals surface area contributed by atoms with Gasteiger partial charge >= 0.3 is 0 Å². The lowest BCUT2D eigenvalue weighted by Crippen LogP contribution is -2.18. The number of benzene rings is 8. The molecule has 0 amide bonds. The fourth-order valence-corrected chi connectivity index (χ4v) is 9.78. The smallest absolute Gasteiger partial charge is 0.235 e. The van der Waals surface area contributed by atoms with Crippen molar-refractivity contribution >= 4 is 92.3 Å². The third-order valence-corrected chi connectivity index (χ3v) is 12.1. The van der Waals surface area contributed by atoms with Crippen LogP contribution in [-0.4, -0.2) is 14.5 Å². The number of hydrogen-bond acceptors (Lipinski definition) is 4. The van der Waals surface area contributed by atoms with Gasteiger partial charge in [0, 0.05) is 48.4 Å². The highest BCUT2D eigenvalue weighted by Gasteiger charge is 2.30. The molecule has 0 spiro atoms. The molecule has 8 aromatic carbocycles. The zero-order valence-corrected chi connectivity index (χ0v) is 29.2. The van der Waals surface area contributed by atoms with E-state index in [4.69, 9.17) is 9.97 Å². The molecule has 0 fully saturated rings. The molecule has 1 aliphatic heterocycles. The van der Waals surface area contributed by atoms with Crippen molar-refractivity contribution in [2.45, 2.75) is 0 Å². The molecule has 0 atom stereocenters. The van der Waals surface area contributed by atoms with Crippen molar-refractivity contribution in [1.29, 1.82) is 0 Å². The molecule has 0 aliphatic carbocycles. The van der Waals surface area contributed by atoms with E-state index in [0.29, 0.717) is 5.95 Å². The van der Waals surface area contributed by atoms with Gasteiger partial charge in [-0.3, -0.25) is 4.90 Å². The molecular weight excluding hydrogens is 665 g/mol. The van der Waals surface area contributed by atoms with Crippen molar-refractivity contribution < 1.29 is 0 Å². The van der Waals surface area contributed by atoms with Crippen LogP contribution in [0.15, 0.2) is 170 Å². The molecule has 11 aromatic rings. The Kier molecular flexibility index (Phi) is 5.90. The molecule has 53 heavy (non-hydrogen) atoms. The topological polar surface area (TPSA) is 34.0 Å². The van der Waals surface area contributed by atoms with E-state index in [1.54, 1.807) is 11.3 Å². The lowest BCUT2D eigenvalue weighted by atomic mass is 9.89. The summed E-state index contributed by atoms with van der Waals surface area (Å²) in [7, 11) is 0. The van der Waals surface area contributed by atoms with Crippen molar-refractivity contribution in [3.63, 3.8) is 0 Å². The predicted molar refractivity (Wildman–Crippen MR) is 223 cm³/mol. The highest BCUT2D eigenvalue weighted by Crippen LogP contribution is 2.53. The van der Waals surface area contributed by atoms with Crippen LogP contribution in [0.3, 0.4) is 0 Å². The van der Waals surface area contributed by atoms with Crippen LogP contribution >= 0.6 is 11.3 Å². The van der Waals surface area contributed by atoms with Crippen LogP contribution < -0.4 is 4.90 Å². The molecule has 0 bridgehead atoms. The summed E-state index contributed by atoms with van der Waals surface area (Å²) >= 11 is 1.77. The van der Waals surface area contributed by atoms with Crippen molar-refractivity contribution in [3.8, 4) is 28.1 Å². The fourth-order valence-electron chi connectivity index (χ4n) is 8.62. The summed E-state index contributed by atoms with van der Waals surface area (Å²) in [5, 5.41) is 8.37. The summed E-state index contributed by atoms with van der Waals surface area (Å²) < 4.78 is 4.67. The summed E-state index contributed by atoms with van der Waals surface area (Å²) in [5.41, 5.74) is 11.1. The minimum absolute atomic E-state index is 0.666. The largest absolute Gasteiger partial charge is 0.309 e. The first-order valence-electron chi connectivity index (χ1n) is 17.9. The molecule has 246 valence electrons. The van der Waals surface area contributed by atoms with Crippen LogP contribution in [0.1, 0.15) is 0 Å². The maximum Gasteiger partial charge on any atom is 0.235 e. The first kappa shape index (κ1) is 28.8. The summed E-state index contributed by atoms with van der Waals surface area (Å²) in [5.74, 6) is 0.666. The van der Waals surface area contributed by atoms with Crippen molar-refractivity contribution in [2.24, 2.45) is 0 Å². The SMILES string of the molecule is c1ccc(-n2c3ccccc3c3ccc(-c4nc(N5c6c(ccc7ccccc67)-c6cccc7cccc5c67)nc5c4sc4ccccc45)cc32)cc1. The van der Waals surface area contributed by atoms with Gasteiger partial charge < -0.3 is 4.57 Å². The van der Waals surface area contributed by atoms with Gasteiger partial charge in [0.05, 0.1) is 38.3 Å². The number of anilines is 3. The Bertz CT molecular complexity index is 3300. The maximum absolute atomic E-state index is 5.63. The van der Waals surface area contributed by atoms with E-state index in [9.17, 15) is 0 Å². The molecule has 0 saturated carbocycles. The van der Waals surface area contributed by atoms with Gasteiger partial charge in [0.2, 0.25) is 5.95 Å². The van der Waals surface area contributed by atoms with Crippen molar-refractivity contribution in [1.82, 2.24) is 14.5 Å².